The van der Waals surface area contributed by atoms with Crippen molar-refractivity contribution in [3.63, 3.8) is 0 Å². The van der Waals surface area contributed by atoms with Gasteiger partial charge in [-0.15, -0.1) is 0 Å². The van der Waals surface area contributed by atoms with Gasteiger partial charge in [0.2, 0.25) is 5.91 Å². The molecule has 1 amide bonds. The first-order chi connectivity index (χ1) is 11.0. The number of esters is 2. The quantitative estimate of drug-likeness (QED) is 0.414. The lowest BCUT2D eigenvalue weighted by Gasteiger charge is -2.21. The Labute approximate surface area is 135 Å². The van der Waals surface area contributed by atoms with E-state index in [1.165, 1.54) is 18.9 Å². The van der Waals surface area contributed by atoms with Crippen LogP contribution in [0.2, 0.25) is 0 Å². The first-order valence-electron chi connectivity index (χ1n) is 7.19. The molecule has 0 unspecified atom stereocenters. The summed E-state index contributed by atoms with van der Waals surface area (Å²) in [6, 6.07) is 9.47. The van der Waals surface area contributed by atoms with Crippen molar-refractivity contribution < 1.29 is 23.9 Å². The number of carbonyl (C=O) groups is 3. The average molecular weight is 319 g/mol. The molecule has 0 N–H and O–H groups in total. The van der Waals surface area contributed by atoms with Gasteiger partial charge in [-0.1, -0.05) is 36.4 Å². The lowest BCUT2D eigenvalue weighted by molar-refractivity contribution is -0.147. The summed E-state index contributed by atoms with van der Waals surface area (Å²) in [6.07, 6.45) is 3.08. The highest BCUT2D eigenvalue weighted by Gasteiger charge is 2.17. The molecule has 0 spiro atoms. The molecule has 6 heteroatoms. The number of amides is 1. The van der Waals surface area contributed by atoms with Crippen LogP contribution in [0.3, 0.4) is 0 Å². The lowest BCUT2D eigenvalue weighted by Crippen LogP contribution is -2.32. The lowest BCUT2D eigenvalue weighted by atomic mass is 10.2. The topological polar surface area (TPSA) is 72.9 Å². The Kier molecular flexibility index (Phi) is 8.13. The monoisotopic (exact) mass is 319 g/mol. The number of hydrogen-bond donors (Lipinski definition) is 0. The van der Waals surface area contributed by atoms with Crippen LogP contribution in [0.15, 0.2) is 42.5 Å². The van der Waals surface area contributed by atoms with E-state index in [0.717, 1.165) is 5.56 Å². The van der Waals surface area contributed by atoms with Crippen LogP contribution in [0, 0.1) is 0 Å². The first kappa shape index (κ1) is 18.4. The van der Waals surface area contributed by atoms with Gasteiger partial charge < -0.3 is 14.4 Å². The number of methoxy groups -OCH3 is 1. The maximum atomic E-state index is 12.2. The van der Waals surface area contributed by atoms with Crippen molar-refractivity contribution in [2.24, 2.45) is 0 Å². The highest BCUT2D eigenvalue weighted by molar-refractivity contribution is 5.94. The Balaban J connectivity index is 2.65. The molecular weight excluding hydrogens is 298 g/mol. The van der Waals surface area contributed by atoms with E-state index < -0.39 is 5.97 Å². The van der Waals surface area contributed by atoms with Gasteiger partial charge in [0.25, 0.3) is 0 Å². The van der Waals surface area contributed by atoms with E-state index in [9.17, 15) is 14.4 Å². The van der Waals surface area contributed by atoms with Gasteiger partial charge in [-0.25, -0.2) is 0 Å². The highest BCUT2D eigenvalue weighted by Crippen LogP contribution is 2.07. The van der Waals surface area contributed by atoms with Crippen LogP contribution in [0.1, 0.15) is 18.9 Å². The Morgan fingerprint density at radius 1 is 1.13 bits per heavy atom. The minimum atomic E-state index is -0.572. The Morgan fingerprint density at radius 2 is 1.83 bits per heavy atom. The zero-order chi connectivity index (χ0) is 17.1. The molecule has 0 radical (unpaired) electrons. The molecule has 1 rings (SSSR count). The summed E-state index contributed by atoms with van der Waals surface area (Å²) in [5.41, 5.74) is 0.958. The molecule has 0 aliphatic rings. The largest absolute Gasteiger partial charge is 0.469 e. The number of benzene rings is 1. The molecule has 6 nitrogen and oxygen atoms in total. The molecule has 1 aromatic carbocycles. The summed E-state index contributed by atoms with van der Waals surface area (Å²) >= 11 is 0. The SMILES string of the molecule is COC(=O)CC(=O)N(C/C=C/COC(C)=O)Cc1ccccc1. The fourth-order valence-electron chi connectivity index (χ4n) is 1.80. The van der Waals surface area contributed by atoms with Gasteiger partial charge in [0.1, 0.15) is 13.0 Å². The van der Waals surface area contributed by atoms with Gasteiger partial charge in [0.05, 0.1) is 7.11 Å². The molecule has 0 fully saturated rings. The van der Waals surface area contributed by atoms with Crippen LogP contribution >= 0.6 is 0 Å². The number of hydrogen-bond acceptors (Lipinski definition) is 5. The summed E-state index contributed by atoms with van der Waals surface area (Å²) in [7, 11) is 1.25. The van der Waals surface area contributed by atoms with Gasteiger partial charge in [0, 0.05) is 20.0 Å². The molecule has 0 aliphatic carbocycles. The maximum absolute atomic E-state index is 12.2. The Bertz CT molecular complexity index is 553. The summed E-state index contributed by atoms with van der Waals surface area (Å²) in [6.45, 7) is 2.18. The molecule has 0 saturated carbocycles. The normalized spacial score (nSPS) is 10.3. The van der Waals surface area contributed by atoms with E-state index in [2.05, 4.69) is 4.74 Å². The average Bonchev–Trinajstić information content (AvgIpc) is 2.53. The van der Waals surface area contributed by atoms with Crippen molar-refractivity contribution in [2.45, 2.75) is 19.9 Å². The third-order valence-electron chi connectivity index (χ3n) is 2.97. The van der Waals surface area contributed by atoms with E-state index in [1.54, 1.807) is 12.2 Å². The minimum absolute atomic E-state index is 0.152. The molecule has 0 bridgehead atoms. The van der Waals surface area contributed by atoms with Crippen molar-refractivity contribution in [3.05, 3.63) is 48.0 Å². The highest BCUT2D eigenvalue weighted by atomic mass is 16.5. The van der Waals surface area contributed by atoms with Crippen molar-refractivity contribution in [1.29, 1.82) is 0 Å². The molecule has 23 heavy (non-hydrogen) atoms. The molecule has 124 valence electrons. The van der Waals surface area contributed by atoms with Gasteiger partial charge in [-0.2, -0.15) is 0 Å². The fourth-order valence-corrected chi connectivity index (χ4v) is 1.80. The molecule has 0 aliphatic heterocycles. The summed E-state index contributed by atoms with van der Waals surface area (Å²) in [5, 5.41) is 0. The second kappa shape index (κ2) is 10.2. The van der Waals surface area contributed by atoms with Crippen molar-refractivity contribution >= 4 is 17.8 Å². The number of nitrogens with zero attached hydrogens (tertiary/aromatic N) is 1. The zero-order valence-corrected chi connectivity index (χ0v) is 13.4. The van der Waals surface area contributed by atoms with Crippen LogP contribution in [0.5, 0.6) is 0 Å². The molecule has 0 aromatic heterocycles. The van der Waals surface area contributed by atoms with Crippen LogP contribution in [-0.2, 0) is 30.4 Å². The Hall–Kier alpha value is -2.63. The van der Waals surface area contributed by atoms with Crippen molar-refractivity contribution in [1.82, 2.24) is 4.90 Å². The standard InChI is InChI=1S/C17H21NO5/c1-14(19)23-11-7-6-10-18(16(20)12-17(21)22-2)13-15-8-4-3-5-9-15/h3-9H,10-13H2,1-2H3/b7-6+. The van der Waals surface area contributed by atoms with Gasteiger partial charge in [-0.3, -0.25) is 14.4 Å². The second-order valence-electron chi connectivity index (χ2n) is 4.79. The second-order valence-corrected chi connectivity index (χ2v) is 4.79. The minimum Gasteiger partial charge on any atom is -0.469 e. The van der Waals surface area contributed by atoms with E-state index in [0.29, 0.717) is 13.1 Å². The fraction of sp³-hybridized carbons (Fsp3) is 0.353. The summed E-state index contributed by atoms with van der Waals surface area (Å²) in [4.78, 5) is 35.7. The first-order valence-corrected chi connectivity index (χ1v) is 7.19. The third-order valence-corrected chi connectivity index (χ3v) is 2.97. The zero-order valence-electron chi connectivity index (χ0n) is 13.4. The predicted octanol–water partition coefficient (Wildman–Crippen LogP) is 1.70. The van der Waals surface area contributed by atoms with Crippen molar-refractivity contribution in [3.8, 4) is 0 Å². The van der Waals surface area contributed by atoms with E-state index in [-0.39, 0.29) is 24.9 Å². The molecule has 0 atom stereocenters. The summed E-state index contributed by atoms with van der Waals surface area (Å²) in [5.74, 6) is -1.26. The van der Waals surface area contributed by atoms with Crippen LogP contribution < -0.4 is 0 Å². The predicted molar refractivity (Wildman–Crippen MR) is 84.3 cm³/mol. The number of carbonyl (C=O) groups excluding carboxylic acids is 3. The third kappa shape index (κ3) is 7.80. The molecule has 0 heterocycles. The molecule has 0 saturated heterocycles. The molecule has 1 aromatic rings. The summed E-state index contributed by atoms with van der Waals surface area (Å²) < 4.78 is 9.31. The van der Waals surface area contributed by atoms with Crippen LogP contribution in [-0.4, -0.2) is 43.0 Å². The van der Waals surface area contributed by atoms with E-state index >= 15 is 0 Å². The molecular formula is C17H21NO5. The van der Waals surface area contributed by atoms with Crippen molar-refractivity contribution in [2.75, 3.05) is 20.3 Å². The van der Waals surface area contributed by atoms with Crippen LogP contribution in [0.25, 0.3) is 0 Å². The number of rotatable bonds is 8. The van der Waals surface area contributed by atoms with Gasteiger partial charge in [0.15, 0.2) is 0 Å². The van der Waals surface area contributed by atoms with E-state index in [4.69, 9.17) is 4.74 Å². The number of ether oxygens (including phenoxy) is 2. The van der Waals surface area contributed by atoms with Gasteiger partial charge in [-0.05, 0) is 11.6 Å². The van der Waals surface area contributed by atoms with E-state index in [1.807, 2.05) is 30.3 Å². The van der Waals surface area contributed by atoms with Crippen LogP contribution in [0.4, 0.5) is 0 Å². The smallest absolute Gasteiger partial charge is 0.315 e. The Morgan fingerprint density at radius 3 is 2.43 bits per heavy atom. The maximum Gasteiger partial charge on any atom is 0.315 e. The van der Waals surface area contributed by atoms with Gasteiger partial charge >= 0.3 is 11.9 Å².